The number of thiazole rings is 1. The maximum absolute atomic E-state index is 11.1. The Morgan fingerprint density at radius 3 is 3.19 bits per heavy atom. The van der Waals surface area contributed by atoms with Crippen molar-refractivity contribution in [3.63, 3.8) is 0 Å². The fourth-order valence-electron chi connectivity index (χ4n) is 2.21. The van der Waals surface area contributed by atoms with Crippen LogP contribution < -0.4 is 11.1 Å². The summed E-state index contributed by atoms with van der Waals surface area (Å²) in [4.78, 5) is 15.3. The Bertz CT molecular complexity index is 339. The minimum Gasteiger partial charge on any atom is -0.369 e. The van der Waals surface area contributed by atoms with Crippen molar-refractivity contribution in [2.75, 3.05) is 0 Å². The van der Waals surface area contributed by atoms with Gasteiger partial charge in [0, 0.05) is 23.9 Å². The Morgan fingerprint density at radius 1 is 1.62 bits per heavy atom. The smallest absolute Gasteiger partial charge is 0.220 e. The van der Waals surface area contributed by atoms with Crippen LogP contribution in [0.1, 0.15) is 31.4 Å². The predicted molar refractivity (Wildman–Crippen MR) is 63.9 cm³/mol. The van der Waals surface area contributed by atoms with Gasteiger partial charge in [-0.15, -0.1) is 11.3 Å². The van der Waals surface area contributed by atoms with E-state index in [1.165, 1.54) is 0 Å². The number of primary amides is 1. The van der Waals surface area contributed by atoms with Crippen LogP contribution in [0.25, 0.3) is 0 Å². The van der Waals surface area contributed by atoms with Gasteiger partial charge in [-0.05, 0) is 19.3 Å². The molecule has 1 aliphatic rings. The van der Waals surface area contributed by atoms with Crippen molar-refractivity contribution >= 4 is 17.2 Å². The summed E-state index contributed by atoms with van der Waals surface area (Å²) in [6.45, 7) is 0.791. The van der Waals surface area contributed by atoms with Crippen LogP contribution in [-0.4, -0.2) is 16.9 Å². The van der Waals surface area contributed by atoms with Crippen molar-refractivity contribution in [1.82, 2.24) is 10.3 Å². The Morgan fingerprint density at radius 2 is 2.50 bits per heavy atom. The Labute approximate surface area is 99.3 Å². The summed E-state index contributed by atoms with van der Waals surface area (Å²) in [6.07, 6.45) is 4.04. The molecule has 1 aromatic heterocycles. The maximum atomic E-state index is 11.1. The average Bonchev–Trinajstić information content (AvgIpc) is 2.79. The minimum atomic E-state index is -0.153. The van der Waals surface area contributed by atoms with Crippen LogP contribution in [-0.2, 0) is 11.3 Å². The maximum Gasteiger partial charge on any atom is 0.220 e. The van der Waals surface area contributed by atoms with Crippen LogP contribution in [0.4, 0.5) is 0 Å². The Hall–Kier alpha value is -0.940. The molecule has 4 nitrogen and oxygen atoms in total. The molecule has 2 unspecified atom stereocenters. The van der Waals surface area contributed by atoms with Gasteiger partial charge in [0.1, 0.15) is 0 Å². The van der Waals surface area contributed by atoms with Crippen LogP contribution >= 0.6 is 11.3 Å². The van der Waals surface area contributed by atoms with E-state index in [0.717, 1.165) is 37.9 Å². The molecule has 88 valence electrons. The third-order valence-electron chi connectivity index (χ3n) is 3.13. The zero-order valence-electron chi connectivity index (χ0n) is 9.19. The van der Waals surface area contributed by atoms with Gasteiger partial charge >= 0.3 is 0 Å². The van der Waals surface area contributed by atoms with E-state index in [0.29, 0.717) is 6.04 Å². The van der Waals surface area contributed by atoms with Gasteiger partial charge in [0.15, 0.2) is 0 Å². The van der Waals surface area contributed by atoms with E-state index < -0.39 is 0 Å². The lowest BCUT2D eigenvalue weighted by atomic mass is 9.85. The third-order valence-corrected chi connectivity index (χ3v) is 3.77. The quantitative estimate of drug-likeness (QED) is 0.831. The van der Waals surface area contributed by atoms with E-state index in [-0.39, 0.29) is 11.8 Å². The minimum absolute atomic E-state index is 0.0571. The number of nitrogens with one attached hydrogen (secondary N) is 1. The summed E-state index contributed by atoms with van der Waals surface area (Å²) in [6, 6.07) is 0.410. The molecule has 1 aromatic rings. The summed E-state index contributed by atoms with van der Waals surface area (Å²) in [5.41, 5.74) is 8.26. The van der Waals surface area contributed by atoms with E-state index in [2.05, 4.69) is 10.3 Å². The zero-order chi connectivity index (χ0) is 11.4. The number of amides is 1. The molecule has 1 aliphatic carbocycles. The topological polar surface area (TPSA) is 68.0 Å². The van der Waals surface area contributed by atoms with Gasteiger partial charge in [0.05, 0.1) is 11.2 Å². The first kappa shape index (κ1) is 11.5. The monoisotopic (exact) mass is 239 g/mol. The van der Waals surface area contributed by atoms with Gasteiger partial charge in [-0.25, -0.2) is 4.98 Å². The second-order valence-corrected chi connectivity index (χ2v) is 5.04. The number of rotatable bonds is 4. The van der Waals surface area contributed by atoms with Gasteiger partial charge in [-0.1, -0.05) is 6.42 Å². The second-order valence-electron chi connectivity index (χ2n) is 4.32. The molecule has 16 heavy (non-hydrogen) atoms. The molecular formula is C11H17N3OS. The zero-order valence-corrected chi connectivity index (χ0v) is 10.0. The van der Waals surface area contributed by atoms with Gasteiger partial charge in [-0.2, -0.15) is 0 Å². The highest BCUT2D eigenvalue weighted by Crippen LogP contribution is 2.24. The van der Waals surface area contributed by atoms with Crippen LogP contribution in [0.15, 0.2) is 10.9 Å². The van der Waals surface area contributed by atoms with Gasteiger partial charge in [0.2, 0.25) is 5.91 Å². The highest BCUT2D eigenvalue weighted by molar-refractivity contribution is 7.07. The molecule has 0 spiro atoms. The Kier molecular flexibility index (Phi) is 3.90. The lowest BCUT2D eigenvalue weighted by Crippen LogP contribution is -2.38. The molecular weight excluding hydrogens is 222 g/mol. The molecule has 2 rings (SSSR count). The highest BCUT2D eigenvalue weighted by Gasteiger charge is 2.25. The number of nitrogens with two attached hydrogens (primary N) is 1. The number of carbonyl (C=O) groups is 1. The van der Waals surface area contributed by atoms with Crippen molar-refractivity contribution in [1.29, 1.82) is 0 Å². The first-order chi connectivity index (χ1) is 7.75. The summed E-state index contributed by atoms with van der Waals surface area (Å²) in [5, 5.41) is 5.49. The standard InChI is InChI=1S/C11H17N3OS/c12-11(15)8-2-1-3-9(4-8)13-5-10-6-16-7-14-10/h6-9,13H,1-5H2,(H2,12,15). The first-order valence-corrected chi connectivity index (χ1v) is 6.59. The van der Waals surface area contributed by atoms with Crippen molar-refractivity contribution in [2.24, 2.45) is 11.7 Å². The molecule has 0 bridgehead atoms. The fraction of sp³-hybridized carbons (Fsp3) is 0.636. The molecule has 1 amide bonds. The average molecular weight is 239 g/mol. The van der Waals surface area contributed by atoms with E-state index in [9.17, 15) is 4.79 Å². The lowest BCUT2D eigenvalue weighted by molar-refractivity contribution is -0.122. The van der Waals surface area contributed by atoms with Gasteiger partial charge in [0.25, 0.3) is 0 Å². The molecule has 0 saturated heterocycles. The summed E-state index contributed by atoms with van der Waals surface area (Å²) < 4.78 is 0. The summed E-state index contributed by atoms with van der Waals surface area (Å²) >= 11 is 1.61. The molecule has 3 N–H and O–H groups in total. The lowest BCUT2D eigenvalue weighted by Gasteiger charge is -2.27. The number of hydrogen-bond donors (Lipinski definition) is 2. The summed E-state index contributed by atoms with van der Waals surface area (Å²) in [7, 11) is 0. The van der Waals surface area contributed by atoms with Gasteiger partial charge in [-0.3, -0.25) is 4.79 Å². The first-order valence-electron chi connectivity index (χ1n) is 5.65. The largest absolute Gasteiger partial charge is 0.369 e. The number of hydrogen-bond acceptors (Lipinski definition) is 4. The molecule has 1 fully saturated rings. The van der Waals surface area contributed by atoms with Crippen molar-refractivity contribution in [3.05, 3.63) is 16.6 Å². The van der Waals surface area contributed by atoms with E-state index >= 15 is 0 Å². The molecule has 0 aromatic carbocycles. The number of aromatic nitrogens is 1. The van der Waals surface area contributed by atoms with Gasteiger partial charge < -0.3 is 11.1 Å². The second kappa shape index (κ2) is 5.41. The third kappa shape index (κ3) is 3.02. The van der Waals surface area contributed by atoms with Crippen LogP contribution in [0.5, 0.6) is 0 Å². The van der Waals surface area contributed by atoms with E-state index in [4.69, 9.17) is 5.73 Å². The Balaban J connectivity index is 1.79. The molecule has 0 aliphatic heterocycles. The van der Waals surface area contributed by atoms with E-state index in [1.807, 2.05) is 10.9 Å². The van der Waals surface area contributed by atoms with Crippen LogP contribution in [0.3, 0.4) is 0 Å². The van der Waals surface area contributed by atoms with Crippen LogP contribution in [0, 0.1) is 5.92 Å². The van der Waals surface area contributed by atoms with E-state index in [1.54, 1.807) is 11.3 Å². The number of nitrogens with zero attached hydrogens (tertiary/aromatic N) is 1. The molecule has 1 saturated carbocycles. The fourth-order valence-corrected chi connectivity index (χ4v) is 2.77. The number of carbonyl (C=O) groups excluding carboxylic acids is 1. The summed E-state index contributed by atoms with van der Waals surface area (Å²) in [5.74, 6) is -0.0955. The SMILES string of the molecule is NC(=O)C1CCCC(NCc2cscn2)C1. The van der Waals surface area contributed by atoms with Crippen LogP contribution in [0.2, 0.25) is 0 Å². The predicted octanol–water partition coefficient (Wildman–Crippen LogP) is 1.28. The molecule has 5 heteroatoms. The molecule has 2 atom stereocenters. The highest BCUT2D eigenvalue weighted by atomic mass is 32.1. The van der Waals surface area contributed by atoms with Crippen molar-refractivity contribution in [3.8, 4) is 0 Å². The van der Waals surface area contributed by atoms with Crippen molar-refractivity contribution in [2.45, 2.75) is 38.3 Å². The normalized spacial score (nSPS) is 25.5. The molecule has 0 radical (unpaired) electrons. The molecule has 1 heterocycles. The van der Waals surface area contributed by atoms with Crippen molar-refractivity contribution < 1.29 is 4.79 Å².